The molecule has 4 aliphatic rings. The molecule has 10 unspecified atom stereocenters. The molecule has 8 nitrogen and oxygen atoms in total. The van der Waals surface area contributed by atoms with Crippen LogP contribution in [0, 0.1) is 47.3 Å². The molecule has 2 N–H and O–H groups in total. The molecule has 0 radical (unpaired) electrons. The van der Waals surface area contributed by atoms with Crippen molar-refractivity contribution in [1.82, 2.24) is 0 Å². The van der Waals surface area contributed by atoms with Gasteiger partial charge in [0.25, 0.3) is 0 Å². The number of carbonyl (C=O) groups is 2. The van der Waals surface area contributed by atoms with Crippen molar-refractivity contribution in [1.29, 1.82) is 0 Å². The van der Waals surface area contributed by atoms with E-state index in [1.54, 1.807) is 0 Å². The van der Waals surface area contributed by atoms with Crippen molar-refractivity contribution in [2.45, 2.75) is 169 Å². The number of esters is 2. The fourth-order valence-corrected chi connectivity index (χ4v) is 12.6. The number of aliphatic hydroxyl groups is 2. The average molecular weight is 957 g/mol. The number of hydrogen-bond donors (Lipinski definition) is 2. The molecule has 0 saturated heterocycles. The zero-order chi connectivity index (χ0) is 49.2. The lowest BCUT2D eigenvalue weighted by molar-refractivity contribution is -0.148. The third-order valence-corrected chi connectivity index (χ3v) is 16.5. The zero-order valence-electron chi connectivity index (χ0n) is 42.9. The predicted molar refractivity (Wildman–Crippen MR) is 278 cm³/mol. The Bertz CT molecular complexity index is 2040. The second-order valence-electron chi connectivity index (χ2n) is 21.6. The Kier molecular flexibility index (Phi) is 20.7. The highest BCUT2D eigenvalue weighted by Crippen LogP contribution is 2.51. The topological polar surface area (TPSA) is 112 Å². The third-order valence-electron chi connectivity index (χ3n) is 16.5. The Hall–Kier alpha value is -4.66. The first kappa shape index (κ1) is 53.1. The molecule has 380 valence electrons. The summed E-state index contributed by atoms with van der Waals surface area (Å²) in [7, 11) is 0. The van der Waals surface area contributed by atoms with E-state index in [0.29, 0.717) is 41.4 Å². The van der Waals surface area contributed by atoms with Crippen LogP contribution in [0.1, 0.15) is 151 Å². The molecule has 4 aliphatic carbocycles. The fraction of sp³-hybridized carbons (Fsp3) is 0.581. The summed E-state index contributed by atoms with van der Waals surface area (Å²) < 4.78 is 22.7. The van der Waals surface area contributed by atoms with E-state index in [9.17, 15) is 19.8 Å². The van der Waals surface area contributed by atoms with Crippen molar-refractivity contribution in [3.63, 3.8) is 0 Å². The Morgan fingerprint density at radius 1 is 0.586 bits per heavy atom. The number of rotatable bonds is 24. The van der Waals surface area contributed by atoms with Crippen LogP contribution in [0.2, 0.25) is 0 Å². The van der Waals surface area contributed by atoms with Gasteiger partial charge in [-0.3, -0.25) is 0 Å². The SMILES string of the molecule is CCCCCC(C)CCC1C(O)CC2Cc3c(cccc3OCC(=O)OCc3ccccc3)CC21.CCCCCC(O)CCC1C(C)CC2Cc3c(cccc3OCC(=O)OCc3ccccc3)CC21. The van der Waals surface area contributed by atoms with Crippen molar-refractivity contribution in [2.75, 3.05) is 13.2 Å². The smallest absolute Gasteiger partial charge is 0.344 e. The van der Waals surface area contributed by atoms with Crippen LogP contribution in [0.4, 0.5) is 0 Å². The summed E-state index contributed by atoms with van der Waals surface area (Å²) in [6.07, 6.45) is 20.0. The number of benzene rings is 4. The lowest BCUT2D eigenvalue weighted by Gasteiger charge is -2.33. The van der Waals surface area contributed by atoms with Crippen LogP contribution in [0.5, 0.6) is 11.5 Å². The minimum atomic E-state index is -0.357. The lowest BCUT2D eigenvalue weighted by Crippen LogP contribution is -2.27. The van der Waals surface area contributed by atoms with Crippen LogP contribution in [-0.2, 0) is 58.0 Å². The molecule has 0 bridgehead atoms. The first-order valence-electron chi connectivity index (χ1n) is 27.3. The van der Waals surface area contributed by atoms with Gasteiger partial charge in [0.1, 0.15) is 24.7 Å². The van der Waals surface area contributed by atoms with Crippen molar-refractivity contribution in [3.05, 3.63) is 130 Å². The first-order valence-corrected chi connectivity index (χ1v) is 27.3. The van der Waals surface area contributed by atoms with E-state index in [1.165, 1.54) is 73.6 Å². The number of unbranched alkanes of at least 4 members (excludes halogenated alkanes) is 4. The average Bonchev–Trinajstić information content (AvgIpc) is 3.86. The minimum Gasteiger partial charge on any atom is -0.482 e. The van der Waals surface area contributed by atoms with Crippen LogP contribution in [-0.4, -0.2) is 47.6 Å². The van der Waals surface area contributed by atoms with E-state index in [4.69, 9.17) is 18.9 Å². The number of hydrogen-bond acceptors (Lipinski definition) is 8. The van der Waals surface area contributed by atoms with Crippen LogP contribution >= 0.6 is 0 Å². The molecule has 0 aliphatic heterocycles. The standard InChI is InChI=1S/2C31H42O4/c1-3-4-6-13-26(32)15-16-27-22(2)17-25-19-29-24(18-28(25)27)12-9-14-30(29)34-21-31(33)35-20-23-10-7-5-8-11-23;1-3-4-6-10-22(2)15-16-26-27-17-24-13-9-14-30(28(24)18-25(27)19-29(26)32)34-21-31(33)35-20-23-11-7-5-8-12-23/h5,7-12,14,22,25-28,32H,3-4,6,13,15-21H2,1-2H3;5,7-9,11-14,22,25-27,29,32H,3-4,6,10,15-21H2,1-2H3. The summed E-state index contributed by atoms with van der Waals surface area (Å²) in [5.41, 5.74) is 7.11. The molecule has 70 heavy (non-hydrogen) atoms. The first-order chi connectivity index (χ1) is 34.1. The Morgan fingerprint density at radius 2 is 1.09 bits per heavy atom. The molecule has 0 amide bonds. The Labute approximate surface area is 420 Å². The molecule has 10 atom stereocenters. The van der Waals surface area contributed by atoms with E-state index in [-0.39, 0.29) is 50.6 Å². The molecule has 2 fully saturated rings. The molecule has 0 heterocycles. The van der Waals surface area contributed by atoms with Crippen LogP contribution < -0.4 is 9.47 Å². The Balaban J connectivity index is 0.000000206. The van der Waals surface area contributed by atoms with Crippen LogP contribution in [0.25, 0.3) is 0 Å². The molecule has 4 aromatic carbocycles. The quantitative estimate of drug-likeness (QED) is 0.0528. The maximum absolute atomic E-state index is 12.3. The fourth-order valence-electron chi connectivity index (χ4n) is 12.6. The van der Waals surface area contributed by atoms with Gasteiger partial charge < -0.3 is 29.2 Å². The monoisotopic (exact) mass is 957 g/mol. The highest BCUT2D eigenvalue weighted by atomic mass is 16.6. The number of aliphatic hydroxyl groups excluding tert-OH is 2. The van der Waals surface area contributed by atoms with Crippen molar-refractivity contribution < 1.29 is 38.7 Å². The largest absolute Gasteiger partial charge is 0.482 e. The normalized spacial score (nSPS) is 23.9. The van der Waals surface area contributed by atoms with Gasteiger partial charge in [-0.05, 0) is 157 Å². The van der Waals surface area contributed by atoms with E-state index >= 15 is 0 Å². The van der Waals surface area contributed by atoms with Gasteiger partial charge >= 0.3 is 11.9 Å². The summed E-state index contributed by atoms with van der Waals surface area (Å²) in [5.74, 6) is 5.84. The molecule has 8 rings (SSSR count). The molecule has 8 heteroatoms. The molecular formula is C62H84O8. The Morgan fingerprint density at radius 3 is 1.63 bits per heavy atom. The van der Waals surface area contributed by atoms with E-state index < -0.39 is 0 Å². The molecule has 0 aromatic heterocycles. The third kappa shape index (κ3) is 15.2. The van der Waals surface area contributed by atoms with Crippen molar-refractivity contribution >= 4 is 11.9 Å². The van der Waals surface area contributed by atoms with Gasteiger partial charge in [0, 0.05) is 0 Å². The number of carbonyl (C=O) groups excluding carboxylic acids is 2. The van der Waals surface area contributed by atoms with E-state index in [1.807, 2.05) is 78.9 Å². The number of ether oxygens (including phenoxy) is 4. The minimum absolute atomic E-state index is 0.0632. The van der Waals surface area contributed by atoms with E-state index in [0.717, 1.165) is 92.8 Å². The molecular weight excluding hydrogens is 873 g/mol. The van der Waals surface area contributed by atoms with Gasteiger partial charge in [0.05, 0.1) is 12.2 Å². The van der Waals surface area contributed by atoms with Gasteiger partial charge in [-0.2, -0.15) is 0 Å². The second-order valence-corrected chi connectivity index (χ2v) is 21.6. The maximum atomic E-state index is 12.3. The summed E-state index contributed by atoms with van der Waals surface area (Å²) in [5, 5.41) is 21.4. The summed E-state index contributed by atoms with van der Waals surface area (Å²) in [6.45, 7) is 9.63. The van der Waals surface area contributed by atoms with E-state index in [2.05, 4.69) is 45.9 Å². The van der Waals surface area contributed by atoms with Gasteiger partial charge in [-0.25, -0.2) is 9.59 Å². The van der Waals surface area contributed by atoms with Crippen LogP contribution in [0.3, 0.4) is 0 Å². The number of fused-ring (bicyclic) bond motifs is 4. The van der Waals surface area contributed by atoms with Gasteiger partial charge in [-0.1, -0.05) is 164 Å². The van der Waals surface area contributed by atoms with Gasteiger partial charge in [0.15, 0.2) is 13.2 Å². The molecule has 0 spiro atoms. The second kappa shape index (κ2) is 27.2. The van der Waals surface area contributed by atoms with Gasteiger partial charge in [0.2, 0.25) is 0 Å². The molecule has 4 aromatic rings. The van der Waals surface area contributed by atoms with Crippen molar-refractivity contribution in [3.8, 4) is 11.5 Å². The van der Waals surface area contributed by atoms with Crippen molar-refractivity contribution in [2.24, 2.45) is 47.3 Å². The highest BCUT2D eigenvalue weighted by Gasteiger charge is 2.45. The summed E-state index contributed by atoms with van der Waals surface area (Å²) in [6, 6.07) is 31.9. The maximum Gasteiger partial charge on any atom is 0.344 e. The summed E-state index contributed by atoms with van der Waals surface area (Å²) >= 11 is 0. The predicted octanol–water partition coefficient (Wildman–Crippen LogP) is 13.0. The van der Waals surface area contributed by atoms with Gasteiger partial charge in [-0.15, -0.1) is 0 Å². The molecule has 2 saturated carbocycles. The summed E-state index contributed by atoms with van der Waals surface area (Å²) in [4.78, 5) is 24.5. The zero-order valence-corrected chi connectivity index (χ0v) is 42.9. The highest BCUT2D eigenvalue weighted by molar-refractivity contribution is 5.71. The van der Waals surface area contributed by atoms with Crippen LogP contribution in [0.15, 0.2) is 97.1 Å². The lowest BCUT2D eigenvalue weighted by atomic mass is 9.73.